The van der Waals surface area contributed by atoms with Crippen molar-refractivity contribution in [1.29, 1.82) is 0 Å². The summed E-state index contributed by atoms with van der Waals surface area (Å²) in [6.07, 6.45) is -2.78. The maximum absolute atomic E-state index is 9.94. The molecule has 0 spiro atoms. The molecule has 0 radical (unpaired) electrons. The Labute approximate surface area is 106 Å². The molecule has 1 aromatic rings. The fourth-order valence-corrected chi connectivity index (χ4v) is 2.02. The number of rotatable bonds is 5. The van der Waals surface area contributed by atoms with Gasteiger partial charge in [0.25, 0.3) is 0 Å². The Morgan fingerprint density at radius 2 is 2.00 bits per heavy atom. The highest BCUT2D eigenvalue weighted by Gasteiger charge is 2.44. The van der Waals surface area contributed by atoms with Gasteiger partial charge in [-0.3, -0.25) is 0 Å². The van der Waals surface area contributed by atoms with Gasteiger partial charge in [0.1, 0.15) is 18.3 Å². The van der Waals surface area contributed by atoms with Crippen molar-refractivity contribution in [2.24, 2.45) is 0 Å². The Balaban J connectivity index is 1.95. The predicted octanol–water partition coefficient (Wildman–Crippen LogP) is 0.296. The minimum atomic E-state index is -0.893. The zero-order valence-corrected chi connectivity index (χ0v) is 10.2. The van der Waals surface area contributed by atoms with Gasteiger partial charge in [0.15, 0.2) is 6.29 Å². The zero-order valence-electron chi connectivity index (χ0n) is 10.2. The molecule has 0 amide bonds. The summed E-state index contributed by atoms with van der Waals surface area (Å²) < 4.78 is 15.9. The minimum Gasteiger partial charge on any atom is -0.394 e. The minimum absolute atomic E-state index is 0.212. The van der Waals surface area contributed by atoms with Gasteiger partial charge in [-0.05, 0) is 5.56 Å². The second-order valence-electron chi connectivity index (χ2n) is 4.21. The van der Waals surface area contributed by atoms with Crippen molar-refractivity contribution < 1.29 is 24.4 Å². The van der Waals surface area contributed by atoms with Gasteiger partial charge in [0.2, 0.25) is 0 Å². The first-order valence-corrected chi connectivity index (χ1v) is 5.89. The van der Waals surface area contributed by atoms with E-state index in [-0.39, 0.29) is 6.61 Å². The molecule has 2 unspecified atom stereocenters. The van der Waals surface area contributed by atoms with Crippen LogP contribution in [0.3, 0.4) is 0 Å². The first-order valence-electron chi connectivity index (χ1n) is 5.89. The molecule has 2 rings (SSSR count). The second-order valence-corrected chi connectivity index (χ2v) is 4.21. The lowest BCUT2D eigenvalue weighted by molar-refractivity contribution is -0.153. The van der Waals surface area contributed by atoms with Crippen molar-refractivity contribution in [2.45, 2.75) is 31.2 Å². The summed E-state index contributed by atoms with van der Waals surface area (Å²) in [5.41, 5.74) is 1.00. The number of aliphatic hydroxyl groups excluding tert-OH is 2. The van der Waals surface area contributed by atoms with E-state index in [4.69, 9.17) is 14.2 Å². The van der Waals surface area contributed by atoms with Crippen LogP contribution in [0.25, 0.3) is 0 Å². The second kappa shape index (κ2) is 6.26. The van der Waals surface area contributed by atoms with Gasteiger partial charge in [-0.15, -0.1) is 0 Å². The maximum atomic E-state index is 9.94. The van der Waals surface area contributed by atoms with Crippen LogP contribution in [0.2, 0.25) is 0 Å². The van der Waals surface area contributed by atoms with Crippen molar-refractivity contribution in [1.82, 2.24) is 0 Å². The summed E-state index contributed by atoms with van der Waals surface area (Å²) in [7, 11) is 1.45. The van der Waals surface area contributed by atoms with Crippen LogP contribution in [0.4, 0.5) is 0 Å². The van der Waals surface area contributed by atoms with Gasteiger partial charge in [-0.2, -0.15) is 0 Å². The zero-order chi connectivity index (χ0) is 13.0. The van der Waals surface area contributed by atoms with E-state index in [2.05, 4.69) is 0 Å². The Kier molecular flexibility index (Phi) is 4.68. The van der Waals surface area contributed by atoms with E-state index >= 15 is 0 Å². The summed E-state index contributed by atoms with van der Waals surface area (Å²) in [5, 5.41) is 19.1. The molecule has 100 valence electrons. The molecule has 1 heterocycles. The van der Waals surface area contributed by atoms with Crippen molar-refractivity contribution in [3.8, 4) is 0 Å². The molecule has 0 aliphatic carbocycles. The molecule has 2 N–H and O–H groups in total. The summed E-state index contributed by atoms with van der Waals surface area (Å²) >= 11 is 0. The fourth-order valence-electron chi connectivity index (χ4n) is 2.02. The van der Waals surface area contributed by atoms with E-state index in [1.165, 1.54) is 7.11 Å². The molecule has 0 aromatic heterocycles. The van der Waals surface area contributed by atoms with Crippen LogP contribution < -0.4 is 0 Å². The first kappa shape index (κ1) is 13.5. The standard InChI is InChI=1S/C13H18O5/c1-16-13-11(15)12(10(7-14)18-13)17-8-9-5-3-2-4-6-9/h2-6,10-15H,7-8H2,1H3/t10-,11?,12-,13?/m1/s1. The quantitative estimate of drug-likeness (QED) is 0.791. The van der Waals surface area contributed by atoms with Gasteiger partial charge in [0.05, 0.1) is 13.2 Å². The molecule has 1 saturated heterocycles. The Bertz CT molecular complexity index is 354. The molecular formula is C13H18O5. The number of aliphatic hydroxyl groups is 2. The molecule has 1 fully saturated rings. The fraction of sp³-hybridized carbons (Fsp3) is 0.538. The van der Waals surface area contributed by atoms with Crippen molar-refractivity contribution in [3.63, 3.8) is 0 Å². The molecule has 5 heteroatoms. The highest BCUT2D eigenvalue weighted by Crippen LogP contribution is 2.25. The van der Waals surface area contributed by atoms with Crippen LogP contribution >= 0.6 is 0 Å². The van der Waals surface area contributed by atoms with Gasteiger partial charge in [-0.25, -0.2) is 0 Å². The van der Waals surface area contributed by atoms with Crippen molar-refractivity contribution in [3.05, 3.63) is 35.9 Å². The third kappa shape index (κ3) is 2.88. The van der Waals surface area contributed by atoms with Gasteiger partial charge >= 0.3 is 0 Å². The smallest absolute Gasteiger partial charge is 0.186 e. The molecule has 5 nitrogen and oxygen atoms in total. The molecular weight excluding hydrogens is 236 g/mol. The average molecular weight is 254 g/mol. The topological polar surface area (TPSA) is 68.2 Å². The Morgan fingerprint density at radius 1 is 1.28 bits per heavy atom. The van der Waals surface area contributed by atoms with Crippen LogP contribution in [0.15, 0.2) is 30.3 Å². The maximum Gasteiger partial charge on any atom is 0.186 e. The van der Waals surface area contributed by atoms with Gasteiger partial charge in [0, 0.05) is 7.11 Å². The molecule has 1 aromatic carbocycles. The number of methoxy groups -OCH3 is 1. The van der Waals surface area contributed by atoms with E-state index in [1.807, 2.05) is 30.3 Å². The van der Waals surface area contributed by atoms with E-state index in [0.717, 1.165) is 5.56 Å². The first-order chi connectivity index (χ1) is 8.76. The molecule has 4 atom stereocenters. The lowest BCUT2D eigenvalue weighted by Crippen LogP contribution is -2.36. The molecule has 18 heavy (non-hydrogen) atoms. The normalized spacial score (nSPS) is 31.7. The lowest BCUT2D eigenvalue weighted by Gasteiger charge is -2.19. The largest absolute Gasteiger partial charge is 0.394 e. The number of hydrogen-bond donors (Lipinski definition) is 2. The monoisotopic (exact) mass is 254 g/mol. The molecule has 0 bridgehead atoms. The van der Waals surface area contributed by atoms with Crippen LogP contribution in [0.1, 0.15) is 5.56 Å². The number of ether oxygens (including phenoxy) is 3. The van der Waals surface area contributed by atoms with Crippen LogP contribution in [-0.4, -0.2) is 48.5 Å². The molecule has 0 saturated carbocycles. The van der Waals surface area contributed by atoms with Crippen molar-refractivity contribution >= 4 is 0 Å². The van der Waals surface area contributed by atoms with Crippen molar-refractivity contribution in [2.75, 3.05) is 13.7 Å². The summed E-state index contributed by atoms with van der Waals surface area (Å²) in [4.78, 5) is 0. The Hall–Kier alpha value is -0.980. The van der Waals surface area contributed by atoms with Crippen LogP contribution in [0, 0.1) is 0 Å². The summed E-state index contributed by atoms with van der Waals surface area (Å²) in [6, 6.07) is 9.63. The number of benzene rings is 1. The third-order valence-corrected chi connectivity index (χ3v) is 2.99. The lowest BCUT2D eigenvalue weighted by atomic mass is 10.1. The molecule has 1 aliphatic heterocycles. The van der Waals surface area contributed by atoms with E-state index in [0.29, 0.717) is 6.61 Å². The highest BCUT2D eigenvalue weighted by molar-refractivity contribution is 5.13. The van der Waals surface area contributed by atoms with Crippen LogP contribution in [-0.2, 0) is 20.8 Å². The highest BCUT2D eigenvalue weighted by atomic mass is 16.7. The van der Waals surface area contributed by atoms with E-state index in [9.17, 15) is 10.2 Å². The van der Waals surface area contributed by atoms with Crippen LogP contribution in [0.5, 0.6) is 0 Å². The number of hydrogen-bond acceptors (Lipinski definition) is 5. The predicted molar refractivity (Wildman–Crippen MR) is 63.8 cm³/mol. The average Bonchev–Trinajstić information content (AvgIpc) is 2.73. The summed E-state index contributed by atoms with van der Waals surface area (Å²) in [6.45, 7) is 0.148. The van der Waals surface area contributed by atoms with Gasteiger partial charge in [-0.1, -0.05) is 30.3 Å². The molecule has 1 aliphatic rings. The van der Waals surface area contributed by atoms with E-state index < -0.39 is 24.6 Å². The SMILES string of the molecule is COC1O[C@H](CO)[C@@H](OCc2ccccc2)C1O. The third-order valence-electron chi connectivity index (χ3n) is 2.99. The van der Waals surface area contributed by atoms with E-state index in [1.54, 1.807) is 0 Å². The van der Waals surface area contributed by atoms with Gasteiger partial charge < -0.3 is 24.4 Å². The Morgan fingerprint density at radius 3 is 2.61 bits per heavy atom. The summed E-state index contributed by atoms with van der Waals surface area (Å²) in [5.74, 6) is 0.